The number of hydrogen-bond acceptors (Lipinski definition) is 5. The highest BCUT2D eigenvalue weighted by Gasteiger charge is 2.04. The van der Waals surface area contributed by atoms with Crippen LogP contribution in [0.2, 0.25) is 0 Å². The molecule has 4 rings (SSSR count). The lowest BCUT2D eigenvalue weighted by atomic mass is 10.1. The molecule has 0 saturated heterocycles. The van der Waals surface area contributed by atoms with Crippen LogP contribution in [0.25, 0.3) is 16.9 Å². The van der Waals surface area contributed by atoms with E-state index in [0.29, 0.717) is 0 Å². The molecule has 0 aliphatic carbocycles. The number of nitrogens with zero attached hydrogens (tertiary/aromatic N) is 5. The Hall–Kier alpha value is -2.99. The van der Waals surface area contributed by atoms with Crippen LogP contribution in [0.1, 0.15) is 5.69 Å². The van der Waals surface area contributed by atoms with E-state index in [1.165, 1.54) is 0 Å². The first-order chi connectivity index (χ1) is 12.4. The average molecular weight is 345 g/mol. The third kappa shape index (κ3) is 3.75. The Morgan fingerprint density at radius 1 is 0.880 bits per heavy atom. The second-order valence-corrected chi connectivity index (χ2v) is 6.38. The summed E-state index contributed by atoms with van der Waals surface area (Å²) in [5, 5.41) is 9.55. The van der Waals surface area contributed by atoms with Crippen LogP contribution < -0.4 is 0 Å². The van der Waals surface area contributed by atoms with Crippen molar-refractivity contribution in [2.24, 2.45) is 0 Å². The second kappa shape index (κ2) is 7.27. The Labute approximate surface area is 149 Å². The van der Waals surface area contributed by atoms with Crippen LogP contribution in [0.4, 0.5) is 0 Å². The highest BCUT2D eigenvalue weighted by atomic mass is 32.2. The molecule has 1 aromatic carbocycles. The predicted octanol–water partition coefficient (Wildman–Crippen LogP) is 4.02. The lowest BCUT2D eigenvalue weighted by molar-refractivity contribution is 0.934. The molecule has 0 aliphatic heterocycles. The third-order valence-electron chi connectivity index (χ3n) is 3.70. The minimum absolute atomic E-state index is 0.786. The Balaban J connectivity index is 1.44. The monoisotopic (exact) mass is 345 g/mol. The fraction of sp³-hybridized carbons (Fsp3) is 0.0526. The highest BCUT2D eigenvalue weighted by molar-refractivity contribution is 7.98. The Kier molecular flexibility index (Phi) is 4.52. The van der Waals surface area contributed by atoms with Gasteiger partial charge in [0.2, 0.25) is 0 Å². The molecule has 0 fully saturated rings. The summed E-state index contributed by atoms with van der Waals surface area (Å²) in [6.45, 7) is 0. The van der Waals surface area contributed by atoms with Crippen LogP contribution in [0.15, 0.2) is 84.5 Å². The molecule has 0 amide bonds. The summed E-state index contributed by atoms with van der Waals surface area (Å²) < 4.78 is 1.97. The van der Waals surface area contributed by atoms with E-state index in [0.717, 1.165) is 33.4 Å². The molecule has 0 aliphatic rings. The normalized spacial score (nSPS) is 10.7. The molecule has 5 nitrogen and oxygen atoms in total. The summed E-state index contributed by atoms with van der Waals surface area (Å²) in [4.78, 5) is 8.37. The first kappa shape index (κ1) is 15.5. The topological polar surface area (TPSA) is 56.5 Å². The molecule has 0 radical (unpaired) electrons. The van der Waals surface area contributed by atoms with Gasteiger partial charge in [-0.3, -0.25) is 4.98 Å². The Bertz CT molecular complexity index is 920. The second-order valence-electron chi connectivity index (χ2n) is 5.38. The first-order valence-corrected chi connectivity index (χ1v) is 8.82. The van der Waals surface area contributed by atoms with E-state index in [1.807, 2.05) is 65.4 Å². The van der Waals surface area contributed by atoms with Gasteiger partial charge in [-0.15, -0.1) is 10.2 Å². The molecule has 3 aromatic heterocycles. The molecule has 6 heteroatoms. The molecular formula is C19H15N5S. The van der Waals surface area contributed by atoms with Gasteiger partial charge >= 0.3 is 0 Å². The molecule has 122 valence electrons. The summed E-state index contributed by atoms with van der Waals surface area (Å²) >= 11 is 1.63. The van der Waals surface area contributed by atoms with Crippen LogP contribution in [0.3, 0.4) is 0 Å². The number of imidazole rings is 1. The van der Waals surface area contributed by atoms with Crippen molar-refractivity contribution in [2.45, 2.75) is 10.8 Å². The summed E-state index contributed by atoms with van der Waals surface area (Å²) in [6.07, 6.45) is 7.27. The van der Waals surface area contributed by atoms with Crippen molar-refractivity contribution in [1.29, 1.82) is 0 Å². The van der Waals surface area contributed by atoms with Crippen LogP contribution in [0.5, 0.6) is 0 Å². The van der Waals surface area contributed by atoms with Crippen LogP contribution >= 0.6 is 11.8 Å². The summed E-state index contributed by atoms with van der Waals surface area (Å²) in [5.41, 5.74) is 4.00. The molecule has 0 saturated carbocycles. The van der Waals surface area contributed by atoms with Gasteiger partial charge in [0.15, 0.2) is 0 Å². The SMILES string of the molecule is c1ccc(CSc2ccc(-c3ccc(-n4ccnc4)cc3)nn2)nc1. The van der Waals surface area contributed by atoms with E-state index in [2.05, 4.69) is 20.2 Å². The van der Waals surface area contributed by atoms with Crippen molar-refractivity contribution in [1.82, 2.24) is 24.7 Å². The standard InChI is InChI=1S/C19H15N5S/c1-2-10-21-16(3-1)13-25-19-9-8-18(22-23-19)15-4-6-17(7-5-15)24-12-11-20-14-24/h1-12,14H,13H2. The van der Waals surface area contributed by atoms with Gasteiger partial charge in [0.1, 0.15) is 5.03 Å². The Morgan fingerprint density at radius 3 is 2.48 bits per heavy atom. The lowest BCUT2D eigenvalue weighted by Crippen LogP contribution is -1.92. The number of rotatable bonds is 5. The average Bonchev–Trinajstić information content (AvgIpc) is 3.23. The van der Waals surface area contributed by atoms with Crippen molar-refractivity contribution in [3.8, 4) is 16.9 Å². The minimum Gasteiger partial charge on any atom is -0.306 e. The van der Waals surface area contributed by atoms with Gasteiger partial charge in [0, 0.05) is 35.6 Å². The van der Waals surface area contributed by atoms with Crippen LogP contribution in [-0.2, 0) is 5.75 Å². The molecule has 0 atom stereocenters. The fourth-order valence-corrected chi connectivity index (χ4v) is 3.13. The fourth-order valence-electron chi connectivity index (χ4n) is 2.40. The van der Waals surface area contributed by atoms with Gasteiger partial charge in [-0.2, -0.15) is 0 Å². The molecule has 4 aromatic rings. The van der Waals surface area contributed by atoms with E-state index < -0.39 is 0 Å². The quantitative estimate of drug-likeness (QED) is 0.511. The van der Waals surface area contributed by atoms with Crippen molar-refractivity contribution < 1.29 is 0 Å². The summed E-state index contributed by atoms with van der Waals surface area (Å²) in [6, 6.07) is 18.1. The zero-order valence-electron chi connectivity index (χ0n) is 13.4. The maximum atomic E-state index is 4.34. The van der Waals surface area contributed by atoms with E-state index in [4.69, 9.17) is 0 Å². The van der Waals surface area contributed by atoms with E-state index in [1.54, 1.807) is 30.5 Å². The van der Waals surface area contributed by atoms with Crippen molar-refractivity contribution in [2.75, 3.05) is 0 Å². The van der Waals surface area contributed by atoms with Crippen molar-refractivity contribution >= 4 is 11.8 Å². The Morgan fingerprint density at radius 2 is 1.80 bits per heavy atom. The van der Waals surface area contributed by atoms with Gasteiger partial charge in [0.25, 0.3) is 0 Å². The zero-order valence-corrected chi connectivity index (χ0v) is 14.2. The number of pyridine rings is 1. The highest BCUT2D eigenvalue weighted by Crippen LogP contribution is 2.23. The van der Waals surface area contributed by atoms with Crippen molar-refractivity contribution in [3.63, 3.8) is 0 Å². The van der Waals surface area contributed by atoms with Gasteiger partial charge < -0.3 is 4.57 Å². The number of benzene rings is 1. The first-order valence-electron chi connectivity index (χ1n) is 7.84. The van der Waals surface area contributed by atoms with Crippen LogP contribution in [0, 0.1) is 0 Å². The number of aromatic nitrogens is 5. The van der Waals surface area contributed by atoms with E-state index >= 15 is 0 Å². The lowest BCUT2D eigenvalue weighted by Gasteiger charge is -2.05. The molecule has 25 heavy (non-hydrogen) atoms. The maximum absolute atomic E-state index is 4.34. The van der Waals surface area contributed by atoms with Crippen molar-refractivity contribution in [3.05, 3.63) is 85.2 Å². The third-order valence-corrected chi connectivity index (χ3v) is 4.65. The smallest absolute Gasteiger partial charge is 0.119 e. The molecule has 3 heterocycles. The number of hydrogen-bond donors (Lipinski definition) is 0. The van der Waals surface area contributed by atoms with Gasteiger partial charge in [-0.25, -0.2) is 4.98 Å². The number of thioether (sulfide) groups is 1. The van der Waals surface area contributed by atoms with Gasteiger partial charge in [0.05, 0.1) is 17.7 Å². The van der Waals surface area contributed by atoms with E-state index in [-0.39, 0.29) is 0 Å². The molecule has 0 N–H and O–H groups in total. The van der Waals surface area contributed by atoms with Gasteiger partial charge in [-0.1, -0.05) is 30.0 Å². The molecule has 0 unspecified atom stereocenters. The molecule has 0 spiro atoms. The van der Waals surface area contributed by atoms with Gasteiger partial charge in [-0.05, 0) is 36.4 Å². The molecular weight excluding hydrogens is 330 g/mol. The summed E-state index contributed by atoms with van der Waals surface area (Å²) in [7, 11) is 0. The largest absolute Gasteiger partial charge is 0.306 e. The predicted molar refractivity (Wildman–Crippen MR) is 98.4 cm³/mol. The zero-order chi connectivity index (χ0) is 16.9. The minimum atomic E-state index is 0.786. The summed E-state index contributed by atoms with van der Waals surface area (Å²) in [5.74, 6) is 0.786. The van der Waals surface area contributed by atoms with E-state index in [9.17, 15) is 0 Å². The molecule has 0 bridgehead atoms. The maximum Gasteiger partial charge on any atom is 0.119 e. The van der Waals surface area contributed by atoms with Crippen LogP contribution in [-0.4, -0.2) is 24.7 Å².